The highest BCUT2D eigenvalue weighted by Gasteiger charge is 2.13. The van der Waals surface area contributed by atoms with Gasteiger partial charge in [0.1, 0.15) is 0 Å². The van der Waals surface area contributed by atoms with Gasteiger partial charge >= 0.3 is 0 Å². The zero-order chi connectivity index (χ0) is 16.7. The number of nitrogens with one attached hydrogen (secondary N) is 1. The standard InChI is InChI=1S/C18H21NO2S2/c1-3-23-17-7-5-4-6-15(17)18(21)19-12-16(20)13-8-10-14(22-2)11-9-13/h4-11,16,20H,3,12H2,1-2H3,(H,19,21)/t16-/m0/s1. The van der Waals surface area contributed by atoms with Gasteiger partial charge in [0.15, 0.2) is 0 Å². The molecular weight excluding hydrogens is 326 g/mol. The van der Waals surface area contributed by atoms with Gasteiger partial charge in [0.25, 0.3) is 5.91 Å². The molecule has 2 aromatic rings. The number of thioether (sulfide) groups is 2. The predicted molar refractivity (Wildman–Crippen MR) is 98.4 cm³/mol. The zero-order valence-corrected chi connectivity index (χ0v) is 14.9. The van der Waals surface area contributed by atoms with Crippen molar-refractivity contribution in [3.8, 4) is 0 Å². The molecule has 0 aromatic heterocycles. The first-order valence-electron chi connectivity index (χ1n) is 7.47. The van der Waals surface area contributed by atoms with Gasteiger partial charge in [-0.25, -0.2) is 0 Å². The largest absolute Gasteiger partial charge is 0.387 e. The highest BCUT2D eigenvalue weighted by Crippen LogP contribution is 2.22. The van der Waals surface area contributed by atoms with Crippen molar-refractivity contribution in [1.29, 1.82) is 0 Å². The molecule has 0 spiro atoms. The maximum Gasteiger partial charge on any atom is 0.252 e. The summed E-state index contributed by atoms with van der Waals surface area (Å²) in [6.45, 7) is 2.25. The lowest BCUT2D eigenvalue weighted by Gasteiger charge is -2.14. The summed E-state index contributed by atoms with van der Waals surface area (Å²) in [7, 11) is 0. The monoisotopic (exact) mass is 347 g/mol. The lowest BCUT2D eigenvalue weighted by Crippen LogP contribution is -2.28. The van der Waals surface area contributed by atoms with Crippen LogP contribution in [0.1, 0.15) is 28.9 Å². The lowest BCUT2D eigenvalue weighted by atomic mass is 10.1. The van der Waals surface area contributed by atoms with E-state index in [1.54, 1.807) is 23.5 Å². The van der Waals surface area contributed by atoms with Crippen LogP contribution in [0.5, 0.6) is 0 Å². The van der Waals surface area contributed by atoms with E-state index >= 15 is 0 Å². The van der Waals surface area contributed by atoms with Crippen LogP contribution in [-0.4, -0.2) is 29.6 Å². The van der Waals surface area contributed by atoms with Crippen molar-refractivity contribution in [1.82, 2.24) is 5.32 Å². The summed E-state index contributed by atoms with van der Waals surface area (Å²) in [5.41, 5.74) is 1.46. The fraction of sp³-hybridized carbons (Fsp3) is 0.278. The molecule has 0 saturated heterocycles. The first kappa shape index (κ1) is 17.9. The number of carbonyl (C=O) groups is 1. The topological polar surface area (TPSA) is 49.3 Å². The highest BCUT2D eigenvalue weighted by molar-refractivity contribution is 7.99. The molecule has 0 aliphatic rings. The van der Waals surface area contributed by atoms with Gasteiger partial charge in [-0.15, -0.1) is 23.5 Å². The predicted octanol–water partition coefficient (Wildman–Crippen LogP) is 3.98. The molecule has 0 heterocycles. The second kappa shape index (κ2) is 9.01. The van der Waals surface area contributed by atoms with E-state index in [9.17, 15) is 9.90 Å². The quantitative estimate of drug-likeness (QED) is 0.744. The Hall–Kier alpha value is -1.43. The minimum atomic E-state index is -0.708. The molecule has 2 aromatic carbocycles. The van der Waals surface area contributed by atoms with Crippen LogP contribution in [0.4, 0.5) is 0 Å². The van der Waals surface area contributed by atoms with E-state index < -0.39 is 6.10 Å². The van der Waals surface area contributed by atoms with Crippen molar-refractivity contribution in [3.63, 3.8) is 0 Å². The van der Waals surface area contributed by atoms with Gasteiger partial charge in [-0.1, -0.05) is 31.2 Å². The molecule has 122 valence electrons. The van der Waals surface area contributed by atoms with Crippen LogP contribution in [0.25, 0.3) is 0 Å². The number of amides is 1. The molecule has 1 atom stereocenters. The number of benzene rings is 2. The Labute approximate surface area is 145 Å². The average molecular weight is 348 g/mol. The molecule has 0 aliphatic carbocycles. The first-order valence-corrected chi connectivity index (χ1v) is 9.68. The average Bonchev–Trinajstić information content (AvgIpc) is 2.60. The fourth-order valence-electron chi connectivity index (χ4n) is 2.16. The van der Waals surface area contributed by atoms with Crippen molar-refractivity contribution < 1.29 is 9.90 Å². The van der Waals surface area contributed by atoms with E-state index in [1.807, 2.05) is 54.8 Å². The number of rotatable bonds is 7. The molecule has 0 aliphatic heterocycles. The lowest BCUT2D eigenvalue weighted by molar-refractivity contribution is 0.0913. The van der Waals surface area contributed by atoms with Crippen molar-refractivity contribution in [2.45, 2.75) is 22.8 Å². The van der Waals surface area contributed by atoms with E-state index in [4.69, 9.17) is 0 Å². The second-order valence-electron chi connectivity index (χ2n) is 4.93. The summed E-state index contributed by atoms with van der Waals surface area (Å²) >= 11 is 3.30. The number of carbonyl (C=O) groups excluding carboxylic acids is 1. The third-order valence-corrected chi connectivity index (χ3v) is 5.09. The van der Waals surface area contributed by atoms with Crippen LogP contribution in [0.2, 0.25) is 0 Å². The van der Waals surface area contributed by atoms with Crippen molar-refractivity contribution in [2.24, 2.45) is 0 Å². The number of hydrogen-bond acceptors (Lipinski definition) is 4. The normalized spacial score (nSPS) is 12.0. The van der Waals surface area contributed by atoms with Gasteiger partial charge in [-0.3, -0.25) is 4.79 Å². The number of aliphatic hydroxyl groups is 1. The smallest absolute Gasteiger partial charge is 0.252 e. The van der Waals surface area contributed by atoms with E-state index in [0.717, 1.165) is 21.1 Å². The third-order valence-electron chi connectivity index (χ3n) is 3.39. The Morgan fingerprint density at radius 3 is 2.52 bits per heavy atom. The van der Waals surface area contributed by atoms with E-state index in [2.05, 4.69) is 12.2 Å². The van der Waals surface area contributed by atoms with Crippen LogP contribution in [0.15, 0.2) is 58.3 Å². The molecule has 2 N–H and O–H groups in total. The minimum Gasteiger partial charge on any atom is -0.387 e. The summed E-state index contributed by atoms with van der Waals surface area (Å²) in [5.74, 6) is 0.760. The van der Waals surface area contributed by atoms with E-state index in [0.29, 0.717) is 5.56 Å². The van der Waals surface area contributed by atoms with Gasteiger partial charge in [0.2, 0.25) is 0 Å². The van der Waals surface area contributed by atoms with Gasteiger partial charge in [-0.2, -0.15) is 0 Å². The summed E-state index contributed by atoms with van der Waals surface area (Å²) < 4.78 is 0. The summed E-state index contributed by atoms with van der Waals surface area (Å²) in [6, 6.07) is 15.3. The van der Waals surface area contributed by atoms with Crippen molar-refractivity contribution >= 4 is 29.4 Å². The number of aliphatic hydroxyl groups excluding tert-OH is 1. The molecule has 23 heavy (non-hydrogen) atoms. The maximum atomic E-state index is 12.3. The Morgan fingerprint density at radius 1 is 1.17 bits per heavy atom. The molecule has 3 nitrogen and oxygen atoms in total. The Kier molecular flexibility index (Phi) is 7.02. The molecule has 0 fully saturated rings. The third kappa shape index (κ3) is 5.03. The summed E-state index contributed by atoms with van der Waals surface area (Å²) in [6.07, 6.45) is 1.30. The first-order chi connectivity index (χ1) is 11.2. The number of hydrogen-bond donors (Lipinski definition) is 2. The van der Waals surface area contributed by atoms with Crippen LogP contribution in [0, 0.1) is 0 Å². The van der Waals surface area contributed by atoms with Gasteiger partial charge in [0.05, 0.1) is 11.7 Å². The Bertz CT molecular complexity index is 644. The SMILES string of the molecule is CCSc1ccccc1C(=O)NC[C@H](O)c1ccc(SC)cc1. The molecular formula is C18H21NO2S2. The maximum absolute atomic E-state index is 12.3. The molecule has 5 heteroatoms. The molecule has 0 unspecified atom stereocenters. The fourth-order valence-corrected chi connectivity index (χ4v) is 3.37. The zero-order valence-electron chi connectivity index (χ0n) is 13.3. The van der Waals surface area contributed by atoms with Gasteiger partial charge < -0.3 is 10.4 Å². The molecule has 1 amide bonds. The van der Waals surface area contributed by atoms with Crippen LogP contribution in [0.3, 0.4) is 0 Å². The van der Waals surface area contributed by atoms with E-state index in [1.165, 1.54) is 0 Å². The molecule has 0 saturated carbocycles. The van der Waals surface area contributed by atoms with E-state index in [-0.39, 0.29) is 12.5 Å². The van der Waals surface area contributed by atoms with Gasteiger partial charge in [-0.05, 0) is 41.8 Å². The summed E-state index contributed by atoms with van der Waals surface area (Å²) in [5, 5.41) is 13.0. The van der Waals surface area contributed by atoms with Crippen molar-refractivity contribution in [2.75, 3.05) is 18.6 Å². The van der Waals surface area contributed by atoms with Crippen molar-refractivity contribution in [3.05, 3.63) is 59.7 Å². The molecule has 0 bridgehead atoms. The Morgan fingerprint density at radius 2 is 1.87 bits per heavy atom. The van der Waals surface area contributed by atoms with Crippen LogP contribution >= 0.6 is 23.5 Å². The van der Waals surface area contributed by atoms with Crippen LogP contribution in [-0.2, 0) is 0 Å². The minimum absolute atomic E-state index is 0.152. The second-order valence-corrected chi connectivity index (χ2v) is 7.11. The molecule has 2 rings (SSSR count). The van der Waals surface area contributed by atoms with Crippen LogP contribution < -0.4 is 5.32 Å². The Balaban J connectivity index is 1.98. The van der Waals surface area contributed by atoms with Gasteiger partial charge in [0, 0.05) is 16.3 Å². The molecule has 0 radical (unpaired) electrons. The highest BCUT2D eigenvalue weighted by atomic mass is 32.2. The summed E-state index contributed by atoms with van der Waals surface area (Å²) in [4.78, 5) is 14.5.